The summed E-state index contributed by atoms with van der Waals surface area (Å²) in [4.78, 5) is 25.9. The molecule has 0 saturated heterocycles. The van der Waals surface area contributed by atoms with Gasteiger partial charge in [-0.15, -0.1) is 0 Å². The minimum Gasteiger partial charge on any atom is -0.463 e. The first kappa shape index (κ1) is 17.1. The van der Waals surface area contributed by atoms with Crippen molar-refractivity contribution in [3.8, 4) is 0 Å². The molecular weight excluding hydrogens is 292 g/mol. The minimum atomic E-state index is -0.487. The van der Waals surface area contributed by atoms with Crippen LogP contribution in [0.15, 0.2) is 35.5 Å². The second-order valence-corrected chi connectivity index (χ2v) is 5.98. The molecule has 2 rings (SSSR count). The fraction of sp³-hybridized carbons (Fsp3) is 0.444. The predicted octanol–water partition coefficient (Wildman–Crippen LogP) is 3.34. The Balaban J connectivity index is 2.44. The third-order valence-electron chi connectivity index (χ3n) is 4.19. The second kappa shape index (κ2) is 6.86. The number of esters is 1. The average Bonchev–Trinajstić information content (AvgIpc) is 2.52. The Kier molecular flexibility index (Phi) is 5.08. The lowest BCUT2D eigenvalue weighted by Gasteiger charge is -2.33. The Labute approximate surface area is 137 Å². The Bertz CT molecular complexity index is 632. The van der Waals surface area contributed by atoms with Gasteiger partial charge in [-0.05, 0) is 30.9 Å². The summed E-state index contributed by atoms with van der Waals surface area (Å²) in [7, 11) is 1.64. The Morgan fingerprint density at radius 2 is 1.91 bits per heavy atom. The Hall–Kier alpha value is -2.30. The van der Waals surface area contributed by atoms with Gasteiger partial charge in [-0.2, -0.15) is 0 Å². The molecule has 1 aliphatic rings. The van der Waals surface area contributed by atoms with Crippen molar-refractivity contribution in [1.29, 1.82) is 0 Å². The van der Waals surface area contributed by atoms with E-state index < -0.39 is 12.0 Å². The van der Waals surface area contributed by atoms with Crippen LogP contribution in [0.25, 0.3) is 0 Å². The maximum absolute atomic E-state index is 12.4. The van der Waals surface area contributed by atoms with Crippen LogP contribution in [0.4, 0.5) is 4.79 Å². The van der Waals surface area contributed by atoms with Crippen molar-refractivity contribution in [2.45, 2.75) is 39.7 Å². The summed E-state index contributed by atoms with van der Waals surface area (Å²) in [5.74, 6) is 0.0349. The molecule has 2 amide bonds. The van der Waals surface area contributed by atoms with Crippen molar-refractivity contribution < 1.29 is 14.3 Å². The average molecular weight is 316 g/mol. The van der Waals surface area contributed by atoms with Gasteiger partial charge >= 0.3 is 12.0 Å². The highest BCUT2D eigenvalue weighted by atomic mass is 16.5. The number of urea groups is 1. The molecule has 0 saturated carbocycles. The summed E-state index contributed by atoms with van der Waals surface area (Å²) < 4.78 is 5.17. The number of hydrogen-bond donors (Lipinski definition) is 1. The molecule has 5 heteroatoms. The summed E-state index contributed by atoms with van der Waals surface area (Å²) >= 11 is 0. The molecule has 5 nitrogen and oxygen atoms in total. The first-order chi connectivity index (χ1) is 10.9. The Morgan fingerprint density at radius 1 is 1.30 bits per heavy atom. The smallest absolute Gasteiger partial charge is 0.338 e. The molecule has 0 aliphatic carbocycles. The van der Waals surface area contributed by atoms with Crippen molar-refractivity contribution in [2.24, 2.45) is 0 Å². The van der Waals surface area contributed by atoms with Crippen LogP contribution in [-0.2, 0) is 9.53 Å². The van der Waals surface area contributed by atoms with Crippen molar-refractivity contribution in [3.63, 3.8) is 0 Å². The predicted molar refractivity (Wildman–Crippen MR) is 88.9 cm³/mol. The van der Waals surface area contributed by atoms with Gasteiger partial charge in [-0.1, -0.05) is 38.1 Å². The fourth-order valence-corrected chi connectivity index (χ4v) is 2.63. The number of amides is 2. The molecule has 0 bridgehead atoms. The Morgan fingerprint density at radius 3 is 2.43 bits per heavy atom. The standard InChI is InChI=1S/C18H24N2O3/c1-6-23-17(21)15-12(4)20(5)18(22)19-16(15)14-9-7-13(8-10-14)11(2)3/h7-11,16H,6H2,1-5H3,(H,19,22)/t16-/m1/s1. The number of allylic oxidation sites excluding steroid dienone is 1. The van der Waals surface area contributed by atoms with Crippen LogP contribution < -0.4 is 5.32 Å². The molecule has 23 heavy (non-hydrogen) atoms. The summed E-state index contributed by atoms with van der Waals surface area (Å²) in [6.45, 7) is 8.08. The van der Waals surface area contributed by atoms with E-state index in [0.717, 1.165) is 5.56 Å². The lowest BCUT2D eigenvalue weighted by molar-refractivity contribution is -0.139. The van der Waals surface area contributed by atoms with Crippen LogP contribution in [0.3, 0.4) is 0 Å². The third kappa shape index (κ3) is 3.38. The maximum Gasteiger partial charge on any atom is 0.338 e. The van der Waals surface area contributed by atoms with E-state index in [2.05, 4.69) is 19.2 Å². The van der Waals surface area contributed by atoms with Gasteiger partial charge in [0.2, 0.25) is 0 Å². The number of carbonyl (C=O) groups is 2. The quantitative estimate of drug-likeness (QED) is 0.867. The van der Waals surface area contributed by atoms with E-state index in [0.29, 0.717) is 23.8 Å². The maximum atomic E-state index is 12.4. The number of rotatable bonds is 4. The molecule has 0 radical (unpaired) electrons. The van der Waals surface area contributed by atoms with Crippen LogP contribution in [0.1, 0.15) is 50.8 Å². The lowest BCUT2D eigenvalue weighted by atomic mass is 9.93. The van der Waals surface area contributed by atoms with Crippen LogP contribution >= 0.6 is 0 Å². The molecule has 1 atom stereocenters. The van der Waals surface area contributed by atoms with E-state index in [1.807, 2.05) is 24.3 Å². The molecule has 1 aliphatic heterocycles. The number of carbonyl (C=O) groups excluding carboxylic acids is 2. The van der Waals surface area contributed by atoms with E-state index in [1.54, 1.807) is 20.9 Å². The van der Waals surface area contributed by atoms with E-state index in [1.165, 1.54) is 10.5 Å². The number of ether oxygens (including phenoxy) is 1. The third-order valence-corrected chi connectivity index (χ3v) is 4.19. The zero-order valence-electron chi connectivity index (χ0n) is 14.3. The van der Waals surface area contributed by atoms with Gasteiger partial charge in [0.15, 0.2) is 0 Å². The molecule has 124 valence electrons. The van der Waals surface area contributed by atoms with Crippen LogP contribution in [-0.4, -0.2) is 30.6 Å². The molecule has 0 aromatic heterocycles. The van der Waals surface area contributed by atoms with E-state index in [-0.39, 0.29) is 6.03 Å². The summed E-state index contributed by atoms with van der Waals surface area (Å²) in [5, 5.41) is 2.88. The van der Waals surface area contributed by atoms with Crippen molar-refractivity contribution in [2.75, 3.05) is 13.7 Å². The second-order valence-electron chi connectivity index (χ2n) is 5.98. The molecule has 1 aromatic rings. The van der Waals surface area contributed by atoms with Crippen LogP contribution in [0.5, 0.6) is 0 Å². The first-order valence-electron chi connectivity index (χ1n) is 7.88. The van der Waals surface area contributed by atoms with Gasteiger partial charge in [-0.25, -0.2) is 9.59 Å². The zero-order chi connectivity index (χ0) is 17.1. The lowest BCUT2D eigenvalue weighted by Crippen LogP contribution is -2.46. The monoisotopic (exact) mass is 316 g/mol. The topological polar surface area (TPSA) is 58.6 Å². The van der Waals surface area contributed by atoms with Gasteiger partial charge < -0.3 is 15.0 Å². The van der Waals surface area contributed by atoms with Gasteiger partial charge in [0.1, 0.15) is 0 Å². The highest BCUT2D eigenvalue weighted by Crippen LogP contribution is 2.31. The molecule has 0 spiro atoms. The number of benzene rings is 1. The van der Waals surface area contributed by atoms with E-state index in [9.17, 15) is 9.59 Å². The normalized spacial score (nSPS) is 18.3. The van der Waals surface area contributed by atoms with Crippen molar-refractivity contribution in [3.05, 3.63) is 46.7 Å². The first-order valence-corrected chi connectivity index (χ1v) is 7.88. The highest BCUT2D eigenvalue weighted by molar-refractivity contribution is 5.94. The number of nitrogens with zero attached hydrogens (tertiary/aromatic N) is 1. The summed E-state index contributed by atoms with van der Waals surface area (Å²) in [5.41, 5.74) is 3.18. The highest BCUT2D eigenvalue weighted by Gasteiger charge is 2.34. The van der Waals surface area contributed by atoms with Crippen LogP contribution in [0, 0.1) is 0 Å². The molecule has 1 aromatic carbocycles. The van der Waals surface area contributed by atoms with Crippen molar-refractivity contribution >= 4 is 12.0 Å². The minimum absolute atomic E-state index is 0.228. The van der Waals surface area contributed by atoms with Gasteiger partial charge in [0, 0.05) is 12.7 Å². The summed E-state index contributed by atoms with van der Waals surface area (Å²) in [6, 6.07) is 7.26. The van der Waals surface area contributed by atoms with Crippen molar-refractivity contribution in [1.82, 2.24) is 10.2 Å². The zero-order valence-corrected chi connectivity index (χ0v) is 14.3. The number of nitrogens with one attached hydrogen (secondary N) is 1. The molecule has 1 heterocycles. The fourth-order valence-electron chi connectivity index (χ4n) is 2.63. The van der Waals surface area contributed by atoms with Gasteiger partial charge in [0.25, 0.3) is 0 Å². The van der Waals surface area contributed by atoms with Gasteiger partial charge in [-0.3, -0.25) is 0 Å². The molecule has 1 N–H and O–H groups in total. The summed E-state index contributed by atoms with van der Waals surface area (Å²) in [6.07, 6.45) is 0. The molecule has 0 unspecified atom stereocenters. The van der Waals surface area contributed by atoms with Crippen LogP contribution in [0.2, 0.25) is 0 Å². The molecule has 0 fully saturated rings. The van der Waals surface area contributed by atoms with E-state index >= 15 is 0 Å². The van der Waals surface area contributed by atoms with Gasteiger partial charge in [0.05, 0.1) is 18.2 Å². The number of hydrogen-bond acceptors (Lipinski definition) is 3. The van der Waals surface area contributed by atoms with E-state index in [4.69, 9.17) is 4.74 Å². The SMILES string of the molecule is CCOC(=O)C1=C(C)N(C)C(=O)N[C@@H]1c1ccc(C(C)C)cc1. The largest absolute Gasteiger partial charge is 0.463 e. The molecular formula is C18H24N2O3.